The number of benzene rings is 3. The van der Waals surface area contributed by atoms with Crippen molar-refractivity contribution in [3.05, 3.63) is 83.2 Å². The van der Waals surface area contributed by atoms with Gasteiger partial charge in [-0.15, -0.1) is 0 Å². The van der Waals surface area contributed by atoms with Crippen molar-refractivity contribution < 1.29 is 22.6 Å². The van der Waals surface area contributed by atoms with Gasteiger partial charge in [0.25, 0.3) is 0 Å². The van der Waals surface area contributed by atoms with Crippen LogP contribution in [0.4, 0.5) is 13.2 Å². The molecule has 0 spiro atoms. The predicted octanol–water partition coefficient (Wildman–Crippen LogP) is 7.21. The second-order valence-corrected chi connectivity index (χ2v) is 8.03. The summed E-state index contributed by atoms with van der Waals surface area (Å²) in [5.41, 5.74) is 2.68. The molecule has 1 saturated heterocycles. The van der Waals surface area contributed by atoms with E-state index in [0.717, 1.165) is 12.8 Å². The van der Waals surface area contributed by atoms with Crippen LogP contribution in [0.5, 0.6) is 0 Å². The highest BCUT2D eigenvalue weighted by Crippen LogP contribution is 2.32. The molecule has 3 aromatic carbocycles. The van der Waals surface area contributed by atoms with E-state index in [2.05, 4.69) is 6.92 Å². The second-order valence-electron chi connectivity index (χ2n) is 8.03. The zero-order valence-corrected chi connectivity index (χ0v) is 17.6. The van der Waals surface area contributed by atoms with Crippen LogP contribution in [0.25, 0.3) is 22.3 Å². The van der Waals surface area contributed by atoms with Crippen molar-refractivity contribution in [3.8, 4) is 22.3 Å². The second kappa shape index (κ2) is 9.25. The van der Waals surface area contributed by atoms with Gasteiger partial charge in [-0.3, -0.25) is 0 Å². The van der Waals surface area contributed by atoms with Crippen LogP contribution in [0.15, 0.2) is 54.6 Å². The summed E-state index contributed by atoms with van der Waals surface area (Å²) in [6, 6.07) is 14.7. The molecule has 0 amide bonds. The Labute approximate surface area is 180 Å². The molecule has 3 aromatic rings. The molecule has 4 rings (SSSR count). The van der Waals surface area contributed by atoms with Gasteiger partial charge in [0, 0.05) is 22.6 Å². The minimum absolute atomic E-state index is 0.179. The first-order valence-corrected chi connectivity index (χ1v) is 10.6. The first kappa shape index (κ1) is 21.6. The third-order valence-corrected chi connectivity index (χ3v) is 5.71. The topological polar surface area (TPSA) is 18.5 Å². The molecule has 162 valence electrons. The monoisotopic (exact) mass is 426 g/mol. The van der Waals surface area contributed by atoms with Crippen LogP contribution >= 0.6 is 0 Å². The van der Waals surface area contributed by atoms with E-state index >= 15 is 0 Å². The van der Waals surface area contributed by atoms with E-state index in [0.29, 0.717) is 41.4 Å². The molecule has 2 nitrogen and oxygen atoms in total. The van der Waals surface area contributed by atoms with E-state index in [1.54, 1.807) is 48.5 Å². The lowest BCUT2D eigenvalue weighted by molar-refractivity contribution is -0.206. The Balaban J connectivity index is 1.52. The summed E-state index contributed by atoms with van der Waals surface area (Å²) in [7, 11) is 0. The van der Waals surface area contributed by atoms with Gasteiger partial charge >= 0.3 is 0 Å². The summed E-state index contributed by atoms with van der Waals surface area (Å²) in [4.78, 5) is 0. The molecule has 0 saturated carbocycles. The first-order chi connectivity index (χ1) is 15.0. The lowest BCUT2D eigenvalue weighted by atomic mass is 9.98. The molecule has 0 N–H and O–H groups in total. The summed E-state index contributed by atoms with van der Waals surface area (Å²) in [5.74, 6) is -1.73. The average Bonchev–Trinajstić information content (AvgIpc) is 2.79. The fourth-order valence-corrected chi connectivity index (χ4v) is 3.92. The Bertz CT molecular complexity index is 1050. The summed E-state index contributed by atoms with van der Waals surface area (Å²) in [6.07, 6.45) is 1.57. The zero-order chi connectivity index (χ0) is 22.0. The largest absolute Gasteiger partial charge is 0.348 e. The molecule has 0 aromatic heterocycles. The standard InChI is InChI=1S/C26H25F3O2/c1-3-4-17-14-30-26(31-15-17)20-10-12-21(23(27)13-20)18-6-8-19(9-7-18)22-11-5-16(2)24(28)25(22)29/h5-13,17,26H,3-4,14-15H2,1-2H3. The molecule has 1 aliphatic heterocycles. The lowest BCUT2D eigenvalue weighted by Crippen LogP contribution is -2.27. The fraction of sp³-hybridized carbons (Fsp3) is 0.308. The van der Waals surface area contributed by atoms with E-state index in [-0.39, 0.29) is 16.9 Å². The number of ether oxygens (including phenoxy) is 2. The average molecular weight is 426 g/mol. The van der Waals surface area contributed by atoms with Gasteiger partial charge in [-0.2, -0.15) is 0 Å². The predicted molar refractivity (Wildman–Crippen MR) is 115 cm³/mol. The van der Waals surface area contributed by atoms with Gasteiger partial charge in [0.05, 0.1) is 13.2 Å². The van der Waals surface area contributed by atoms with E-state index in [9.17, 15) is 13.2 Å². The van der Waals surface area contributed by atoms with E-state index in [1.807, 2.05) is 0 Å². The van der Waals surface area contributed by atoms with Gasteiger partial charge in [0.2, 0.25) is 0 Å². The third kappa shape index (κ3) is 4.53. The number of hydrogen-bond acceptors (Lipinski definition) is 2. The molecule has 1 fully saturated rings. The van der Waals surface area contributed by atoms with Crippen LogP contribution in [0.2, 0.25) is 0 Å². The third-order valence-electron chi connectivity index (χ3n) is 5.71. The first-order valence-electron chi connectivity index (χ1n) is 10.6. The van der Waals surface area contributed by atoms with E-state index < -0.39 is 17.9 Å². The molecule has 31 heavy (non-hydrogen) atoms. The Morgan fingerprint density at radius 2 is 1.42 bits per heavy atom. The lowest BCUT2D eigenvalue weighted by Gasteiger charge is -2.29. The van der Waals surface area contributed by atoms with Gasteiger partial charge < -0.3 is 9.47 Å². The number of halogens is 3. The van der Waals surface area contributed by atoms with Gasteiger partial charge in [-0.05, 0) is 36.1 Å². The molecule has 5 heteroatoms. The smallest absolute Gasteiger partial charge is 0.183 e. The van der Waals surface area contributed by atoms with Crippen molar-refractivity contribution in [2.75, 3.05) is 13.2 Å². The van der Waals surface area contributed by atoms with Crippen LogP contribution in [-0.4, -0.2) is 13.2 Å². The number of aryl methyl sites for hydroxylation is 1. The molecule has 1 heterocycles. The molecule has 0 atom stereocenters. The maximum Gasteiger partial charge on any atom is 0.183 e. The van der Waals surface area contributed by atoms with Crippen molar-refractivity contribution in [2.24, 2.45) is 5.92 Å². The quantitative estimate of drug-likeness (QED) is 0.429. The minimum Gasteiger partial charge on any atom is -0.348 e. The van der Waals surface area contributed by atoms with Crippen LogP contribution < -0.4 is 0 Å². The summed E-state index contributed by atoms with van der Waals surface area (Å²) < 4.78 is 54.5. The molecule has 1 aliphatic rings. The minimum atomic E-state index is -0.878. The fourth-order valence-electron chi connectivity index (χ4n) is 3.92. The normalized spacial score (nSPS) is 18.9. The van der Waals surface area contributed by atoms with Crippen LogP contribution in [-0.2, 0) is 9.47 Å². The molecule has 0 bridgehead atoms. The Hall–Kier alpha value is -2.63. The Morgan fingerprint density at radius 3 is 2.03 bits per heavy atom. The summed E-state index contributed by atoms with van der Waals surface area (Å²) in [5, 5.41) is 0. The maximum atomic E-state index is 14.9. The molecular weight excluding hydrogens is 401 g/mol. The summed E-state index contributed by atoms with van der Waals surface area (Å²) in [6.45, 7) is 4.87. The van der Waals surface area contributed by atoms with Gasteiger partial charge in [0.15, 0.2) is 17.9 Å². The van der Waals surface area contributed by atoms with Crippen molar-refractivity contribution in [1.82, 2.24) is 0 Å². The molecule has 0 radical (unpaired) electrons. The molecule has 0 unspecified atom stereocenters. The van der Waals surface area contributed by atoms with Crippen molar-refractivity contribution >= 4 is 0 Å². The summed E-state index contributed by atoms with van der Waals surface area (Å²) >= 11 is 0. The molecule has 0 aliphatic carbocycles. The van der Waals surface area contributed by atoms with Crippen LogP contribution in [0, 0.1) is 30.3 Å². The van der Waals surface area contributed by atoms with E-state index in [1.165, 1.54) is 13.0 Å². The van der Waals surface area contributed by atoms with Gasteiger partial charge in [-0.1, -0.05) is 61.9 Å². The molecular formula is C26H25F3O2. The van der Waals surface area contributed by atoms with E-state index in [4.69, 9.17) is 9.47 Å². The van der Waals surface area contributed by atoms with Gasteiger partial charge in [0.1, 0.15) is 5.82 Å². The van der Waals surface area contributed by atoms with Crippen molar-refractivity contribution in [1.29, 1.82) is 0 Å². The highest BCUT2D eigenvalue weighted by atomic mass is 19.2. The van der Waals surface area contributed by atoms with Crippen LogP contribution in [0.3, 0.4) is 0 Å². The van der Waals surface area contributed by atoms with Crippen LogP contribution in [0.1, 0.15) is 37.2 Å². The Kier molecular flexibility index (Phi) is 6.44. The highest BCUT2D eigenvalue weighted by molar-refractivity contribution is 5.71. The number of hydrogen-bond donors (Lipinski definition) is 0. The zero-order valence-electron chi connectivity index (χ0n) is 17.6. The Morgan fingerprint density at radius 1 is 0.806 bits per heavy atom. The number of rotatable bonds is 5. The maximum absolute atomic E-state index is 14.9. The van der Waals surface area contributed by atoms with Crippen molar-refractivity contribution in [3.63, 3.8) is 0 Å². The highest BCUT2D eigenvalue weighted by Gasteiger charge is 2.24. The van der Waals surface area contributed by atoms with Crippen molar-refractivity contribution in [2.45, 2.75) is 33.0 Å². The van der Waals surface area contributed by atoms with Gasteiger partial charge in [-0.25, -0.2) is 13.2 Å². The SMILES string of the molecule is CCCC1COC(c2ccc(-c3ccc(-c4ccc(C)c(F)c4F)cc3)c(F)c2)OC1.